The molecule has 1 nitrogen and oxygen atoms in total. The van der Waals surface area contributed by atoms with Gasteiger partial charge in [0.05, 0.1) is 10.4 Å². The lowest BCUT2D eigenvalue weighted by Gasteiger charge is -2.34. The number of hydrogen-bond acceptors (Lipinski definition) is 2. The van der Waals surface area contributed by atoms with E-state index in [4.69, 9.17) is 4.98 Å². The molecule has 2 aromatic heterocycles. The van der Waals surface area contributed by atoms with Crippen molar-refractivity contribution in [2.24, 2.45) is 5.41 Å². The molecule has 1 saturated carbocycles. The van der Waals surface area contributed by atoms with Gasteiger partial charge in [0.2, 0.25) is 0 Å². The Morgan fingerprint density at radius 2 is 1.55 bits per heavy atom. The minimum absolute atomic E-state index is 0.0447. The molecule has 6 rings (SSSR count). The zero-order valence-corrected chi connectivity index (χ0v) is 26.1. The molecule has 0 aliphatic heterocycles. The molecule has 1 aliphatic rings. The van der Waals surface area contributed by atoms with Crippen LogP contribution in [0.4, 0.5) is 0 Å². The average molecular weight is 546 g/mol. The third-order valence-corrected chi connectivity index (χ3v) is 10.4. The number of aromatic nitrogens is 1. The molecule has 1 aliphatic carbocycles. The van der Waals surface area contributed by atoms with Crippen LogP contribution in [0.2, 0.25) is 0 Å². The highest BCUT2D eigenvalue weighted by atomic mass is 32.1. The van der Waals surface area contributed by atoms with Crippen LogP contribution in [0.5, 0.6) is 0 Å². The number of fused-ring (bicyclic) bond motifs is 2. The highest BCUT2D eigenvalue weighted by Crippen LogP contribution is 2.47. The minimum atomic E-state index is 0.0447. The van der Waals surface area contributed by atoms with Gasteiger partial charge < -0.3 is 0 Å². The minimum Gasteiger partial charge on any atom is -0.255 e. The van der Waals surface area contributed by atoms with Crippen molar-refractivity contribution in [3.8, 4) is 21.7 Å². The Kier molecular flexibility index (Phi) is 6.90. The molecule has 206 valence electrons. The Balaban J connectivity index is 1.46. The number of nitrogens with zero attached hydrogens (tertiary/aromatic N) is 1. The molecular weight excluding hydrogens is 502 g/mol. The van der Waals surface area contributed by atoms with Crippen molar-refractivity contribution in [1.82, 2.24) is 4.98 Å². The van der Waals surface area contributed by atoms with Crippen molar-refractivity contribution < 1.29 is 0 Å². The maximum absolute atomic E-state index is 5.01. The summed E-state index contributed by atoms with van der Waals surface area (Å²) in [4.78, 5) is 6.41. The predicted octanol–water partition coefficient (Wildman–Crippen LogP) is 11.9. The molecule has 0 bridgehead atoms. The molecule has 0 amide bonds. The third kappa shape index (κ3) is 5.00. The largest absolute Gasteiger partial charge is 0.255 e. The smallest absolute Gasteiger partial charge is 0.0880 e. The molecule has 0 spiro atoms. The molecule has 0 atom stereocenters. The first-order chi connectivity index (χ1) is 19.0. The van der Waals surface area contributed by atoms with Gasteiger partial charge in [0.1, 0.15) is 0 Å². The molecule has 5 aromatic rings. The summed E-state index contributed by atoms with van der Waals surface area (Å²) in [5, 5.41) is 3.97. The number of benzene rings is 3. The second-order valence-electron chi connectivity index (χ2n) is 14.1. The first-order valence-electron chi connectivity index (χ1n) is 15.1. The van der Waals surface area contributed by atoms with Crippen LogP contribution in [-0.4, -0.2) is 4.98 Å². The summed E-state index contributed by atoms with van der Waals surface area (Å²) in [5.41, 5.74) is 8.55. The second-order valence-corrected chi connectivity index (χ2v) is 15.1. The lowest BCUT2D eigenvalue weighted by molar-refractivity contribution is 0.224. The summed E-state index contributed by atoms with van der Waals surface area (Å²) < 4.78 is 1.30. The number of pyridine rings is 1. The summed E-state index contributed by atoms with van der Waals surface area (Å²) in [5.74, 6) is 1.13. The van der Waals surface area contributed by atoms with E-state index in [0.29, 0.717) is 17.3 Å². The Bertz CT molecular complexity index is 1670. The van der Waals surface area contributed by atoms with Crippen LogP contribution < -0.4 is 0 Å². The van der Waals surface area contributed by atoms with E-state index in [1.54, 1.807) is 0 Å². The third-order valence-electron chi connectivity index (χ3n) is 9.15. The fourth-order valence-electron chi connectivity index (χ4n) is 6.74. The van der Waals surface area contributed by atoms with Gasteiger partial charge in [-0.3, -0.25) is 4.98 Å². The fraction of sp³-hybridized carbons (Fsp3) is 0.395. The Morgan fingerprint density at radius 1 is 0.850 bits per heavy atom. The summed E-state index contributed by atoms with van der Waals surface area (Å²) >= 11 is 1.92. The standard InChI is InChI=1S/C38H43NS/c1-24(2)33-31-18-21-39-34(29-22-28-10-8-9-11-30(28)32(23-29)37(3,4)5)36(31)40-35(33)27-14-12-25(13-15-27)26-16-19-38(6,7)20-17-26/h8-15,18,21-24,26H,16-17,19-20H2,1-7H3. The van der Waals surface area contributed by atoms with Crippen LogP contribution in [0.3, 0.4) is 0 Å². The van der Waals surface area contributed by atoms with Gasteiger partial charge in [-0.25, -0.2) is 0 Å². The molecule has 2 heterocycles. The van der Waals surface area contributed by atoms with E-state index in [1.165, 1.54) is 79.2 Å². The molecule has 1 fully saturated rings. The maximum atomic E-state index is 5.01. The molecule has 40 heavy (non-hydrogen) atoms. The van der Waals surface area contributed by atoms with E-state index in [0.717, 1.165) is 5.69 Å². The summed E-state index contributed by atoms with van der Waals surface area (Å²) in [6.07, 6.45) is 7.29. The molecule has 0 saturated heterocycles. The number of rotatable bonds is 4. The van der Waals surface area contributed by atoms with Crippen molar-refractivity contribution >= 4 is 32.2 Å². The zero-order chi connectivity index (χ0) is 28.2. The predicted molar refractivity (Wildman–Crippen MR) is 176 cm³/mol. The summed E-state index contributed by atoms with van der Waals surface area (Å²) in [7, 11) is 0. The van der Waals surface area contributed by atoms with Crippen molar-refractivity contribution in [1.29, 1.82) is 0 Å². The van der Waals surface area contributed by atoms with Crippen LogP contribution in [0.15, 0.2) is 72.9 Å². The van der Waals surface area contributed by atoms with Crippen LogP contribution in [-0.2, 0) is 5.41 Å². The molecular formula is C38H43NS. The van der Waals surface area contributed by atoms with Gasteiger partial charge in [0, 0.05) is 22.0 Å². The van der Waals surface area contributed by atoms with Crippen LogP contribution in [0.25, 0.3) is 42.6 Å². The monoisotopic (exact) mass is 545 g/mol. The molecule has 0 N–H and O–H groups in total. The van der Waals surface area contributed by atoms with E-state index in [1.807, 2.05) is 17.5 Å². The van der Waals surface area contributed by atoms with E-state index < -0.39 is 0 Å². The lowest BCUT2D eigenvalue weighted by atomic mass is 9.71. The van der Waals surface area contributed by atoms with Gasteiger partial charge >= 0.3 is 0 Å². The number of thiophene rings is 1. The first kappa shape index (κ1) is 27.2. The summed E-state index contributed by atoms with van der Waals surface area (Å²) in [6, 6.07) is 25.3. The van der Waals surface area contributed by atoms with E-state index in [2.05, 4.69) is 115 Å². The van der Waals surface area contributed by atoms with Gasteiger partial charge in [-0.15, -0.1) is 11.3 Å². The first-order valence-corrected chi connectivity index (χ1v) is 15.9. The quantitative estimate of drug-likeness (QED) is 0.219. The molecule has 2 heteroatoms. The van der Waals surface area contributed by atoms with Crippen molar-refractivity contribution in [3.05, 3.63) is 89.6 Å². The topological polar surface area (TPSA) is 12.9 Å². The average Bonchev–Trinajstić information content (AvgIpc) is 3.32. The van der Waals surface area contributed by atoms with Crippen molar-refractivity contribution in [2.45, 2.75) is 91.4 Å². The van der Waals surface area contributed by atoms with Gasteiger partial charge in [0.15, 0.2) is 0 Å². The second kappa shape index (κ2) is 10.1. The van der Waals surface area contributed by atoms with E-state index >= 15 is 0 Å². The summed E-state index contributed by atoms with van der Waals surface area (Å²) in [6.45, 7) is 16.4. The van der Waals surface area contributed by atoms with Crippen molar-refractivity contribution in [2.75, 3.05) is 0 Å². The fourth-order valence-corrected chi connectivity index (χ4v) is 8.21. The highest BCUT2D eigenvalue weighted by Gasteiger charge is 2.28. The molecule has 0 unspecified atom stereocenters. The Labute approximate surface area is 244 Å². The van der Waals surface area contributed by atoms with Crippen molar-refractivity contribution in [3.63, 3.8) is 0 Å². The highest BCUT2D eigenvalue weighted by molar-refractivity contribution is 7.23. The zero-order valence-electron chi connectivity index (χ0n) is 25.3. The van der Waals surface area contributed by atoms with Gasteiger partial charge in [0.25, 0.3) is 0 Å². The Morgan fingerprint density at radius 3 is 2.23 bits per heavy atom. The lowest BCUT2D eigenvalue weighted by Crippen LogP contribution is -2.20. The van der Waals surface area contributed by atoms with Crippen LogP contribution in [0.1, 0.15) is 103 Å². The molecule has 3 aromatic carbocycles. The SMILES string of the molecule is CC(C)c1c(-c2ccc(C3CCC(C)(C)CC3)cc2)sc2c(-c3cc(C(C)(C)C)c4ccccc4c3)nccc12. The van der Waals surface area contributed by atoms with Crippen LogP contribution >= 0.6 is 11.3 Å². The molecule has 0 radical (unpaired) electrons. The number of hydrogen-bond donors (Lipinski definition) is 0. The maximum Gasteiger partial charge on any atom is 0.0880 e. The Hall–Kier alpha value is -2.97. The normalized spacial score (nSPS) is 16.3. The van der Waals surface area contributed by atoms with Gasteiger partial charge in [-0.2, -0.15) is 0 Å². The van der Waals surface area contributed by atoms with Crippen LogP contribution in [0, 0.1) is 5.41 Å². The van der Waals surface area contributed by atoms with Gasteiger partial charge in [-0.1, -0.05) is 97.0 Å². The van der Waals surface area contributed by atoms with E-state index in [9.17, 15) is 0 Å². The van der Waals surface area contributed by atoms with Gasteiger partial charge in [-0.05, 0) is 99.6 Å². The van der Waals surface area contributed by atoms with E-state index in [-0.39, 0.29) is 5.41 Å².